The molecule has 132 valence electrons. The minimum atomic E-state index is -4.81. The summed E-state index contributed by atoms with van der Waals surface area (Å²) in [5, 5.41) is 2.35. The standard InChI is InChI=1S/C11H14N4O7S2/c16-10(13-21-4-7-5-23-6-12-7)9-2-1-8-3-14(9)11(17)15(8)22-24(18,19)20/h5-6,8-9H,1-4H2,(H,13,16)(H,18,19,20)/t8-,9+/m1/s1. The monoisotopic (exact) mass is 378 g/mol. The van der Waals surface area contributed by atoms with Gasteiger partial charge in [0, 0.05) is 11.9 Å². The van der Waals surface area contributed by atoms with Crippen LogP contribution in [0.4, 0.5) is 4.79 Å². The Bertz CT molecular complexity index is 723. The first-order valence-electron chi connectivity index (χ1n) is 6.90. The Morgan fingerprint density at radius 2 is 2.29 bits per heavy atom. The molecule has 1 aromatic rings. The van der Waals surface area contributed by atoms with Gasteiger partial charge in [-0.25, -0.2) is 15.3 Å². The summed E-state index contributed by atoms with van der Waals surface area (Å²) in [5.41, 5.74) is 4.56. The van der Waals surface area contributed by atoms with Crippen LogP contribution in [-0.2, 0) is 30.9 Å². The lowest BCUT2D eigenvalue weighted by Gasteiger charge is -2.28. The highest BCUT2D eigenvalue weighted by atomic mass is 32.3. The minimum absolute atomic E-state index is 0.0938. The molecule has 3 amide bonds. The molecule has 2 saturated heterocycles. The number of aromatic nitrogens is 1. The van der Waals surface area contributed by atoms with Crippen molar-refractivity contribution in [3.8, 4) is 0 Å². The second-order valence-corrected chi connectivity index (χ2v) is 6.97. The number of piperidine rings is 1. The molecule has 2 aliphatic heterocycles. The van der Waals surface area contributed by atoms with Gasteiger partial charge < -0.3 is 4.90 Å². The number of nitrogens with zero attached hydrogens (tertiary/aromatic N) is 3. The van der Waals surface area contributed by atoms with Gasteiger partial charge in [0.05, 0.1) is 17.2 Å². The third kappa shape index (κ3) is 3.64. The van der Waals surface area contributed by atoms with Gasteiger partial charge >= 0.3 is 16.4 Å². The van der Waals surface area contributed by atoms with Crippen molar-refractivity contribution in [2.45, 2.75) is 31.5 Å². The van der Waals surface area contributed by atoms with Crippen LogP contribution in [0.2, 0.25) is 0 Å². The zero-order valence-electron chi connectivity index (χ0n) is 12.2. The van der Waals surface area contributed by atoms with Crippen molar-refractivity contribution in [2.24, 2.45) is 0 Å². The van der Waals surface area contributed by atoms with Gasteiger partial charge in [0.2, 0.25) is 0 Å². The molecule has 11 nitrogen and oxygen atoms in total. The predicted octanol–water partition coefficient (Wildman–Crippen LogP) is -0.306. The van der Waals surface area contributed by atoms with Crippen LogP contribution in [0.1, 0.15) is 18.5 Å². The SMILES string of the molecule is O=C(NOCc1cscn1)[C@@H]1CC[C@@H]2CN1C(=O)N2OS(=O)(=O)O. The van der Waals surface area contributed by atoms with Crippen molar-refractivity contribution in [2.75, 3.05) is 6.54 Å². The van der Waals surface area contributed by atoms with Gasteiger partial charge in [-0.15, -0.1) is 15.6 Å². The molecule has 3 heterocycles. The first-order chi connectivity index (χ1) is 11.3. The van der Waals surface area contributed by atoms with Gasteiger partial charge in [0.25, 0.3) is 5.91 Å². The van der Waals surface area contributed by atoms with Crippen LogP contribution < -0.4 is 5.48 Å². The molecule has 0 spiro atoms. The summed E-state index contributed by atoms with van der Waals surface area (Å²) in [6, 6.07) is -2.15. The third-order valence-corrected chi connectivity index (χ3v) is 4.66. The van der Waals surface area contributed by atoms with Gasteiger partial charge in [-0.1, -0.05) is 0 Å². The fraction of sp³-hybridized carbons (Fsp3) is 0.545. The molecule has 0 radical (unpaired) electrons. The van der Waals surface area contributed by atoms with Crippen LogP contribution >= 0.6 is 11.3 Å². The van der Waals surface area contributed by atoms with Crippen molar-refractivity contribution >= 4 is 33.7 Å². The van der Waals surface area contributed by atoms with E-state index in [0.29, 0.717) is 23.6 Å². The zero-order chi connectivity index (χ0) is 17.3. The second-order valence-electron chi connectivity index (χ2n) is 5.24. The first-order valence-corrected chi connectivity index (χ1v) is 9.21. The van der Waals surface area contributed by atoms with Crippen LogP contribution in [0.25, 0.3) is 0 Å². The number of hydrogen-bond donors (Lipinski definition) is 2. The fourth-order valence-electron chi connectivity index (χ4n) is 2.66. The largest absolute Gasteiger partial charge is 0.418 e. The number of amides is 3. The highest BCUT2D eigenvalue weighted by molar-refractivity contribution is 7.80. The van der Waals surface area contributed by atoms with Gasteiger partial charge in [-0.3, -0.25) is 14.2 Å². The first kappa shape index (κ1) is 17.0. The average molecular weight is 378 g/mol. The third-order valence-electron chi connectivity index (χ3n) is 3.68. The molecule has 13 heteroatoms. The van der Waals surface area contributed by atoms with Gasteiger partial charge in [0.15, 0.2) is 0 Å². The second kappa shape index (κ2) is 6.60. The van der Waals surface area contributed by atoms with E-state index in [4.69, 9.17) is 9.39 Å². The fourth-order valence-corrected chi connectivity index (χ4v) is 3.59. The molecule has 2 aliphatic rings. The summed E-state index contributed by atoms with van der Waals surface area (Å²) in [6.45, 7) is 0.217. The maximum atomic E-state index is 12.2. The summed E-state index contributed by atoms with van der Waals surface area (Å²) in [6.07, 6.45) is 0.662. The normalized spacial score (nSPS) is 23.6. The molecular weight excluding hydrogens is 364 g/mol. The van der Waals surface area contributed by atoms with Crippen molar-refractivity contribution in [3.63, 3.8) is 0 Å². The Morgan fingerprint density at radius 3 is 2.96 bits per heavy atom. The molecule has 0 aliphatic carbocycles. The van der Waals surface area contributed by atoms with Crippen LogP contribution in [-0.4, -0.2) is 58.5 Å². The summed E-state index contributed by atoms with van der Waals surface area (Å²) < 4.78 is 34.6. The lowest BCUT2D eigenvalue weighted by Crippen LogP contribution is -2.49. The summed E-state index contributed by atoms with van der Waals surface area (Å²) in [5.74, 6) is -0.522. The number of hydroxylamine groups is 3. The molecule has 0 unspecified atom stereocenters. The van der Waals surface area contributed by atoms with E-state index >= 15 is 0 Å². The Morgan fingerprint density at radius 1 is 1.50 bits per heavy atom. The highest BCUT2D eigenvalue weighted by Crippen LogP contribution is 2.30. The molecule has 2 N–H and O–H groups in total. The lowest BCUT2D eigenvalue weighted by atomic mass is 10.0. The quantitative estimate of drug-likeness (QED) is 0.508. The average Bonchev–Trinajstić information content (AvgIpc) is 3.10. The number of rotatable bonds is 6. The number of carbonyl (C=O) groups excluding carboxylic acids is 2. The van der Waals surface area contributed by atoms with Crippen molar-refractivity contribution in [1.82, 2.24) is 20.4 Å². The molecule has 3 rings (SSSR count). The molecule has 1 aromatic heterocycles. The number of thiazole rings is 1. The number of urea groups is 1. The van der Waals surface area contributed by atoms with E-state index in [1.807, 2.05) is 0 Å². The molecular formula is C11H14N4O7S2. The number of nitrogens with one attached hydrogen (secondary N) is 1. The number of hydrogen-bond acceptors (Lipinski definition) is 8. The van der Waals surface area contributed by atoms with Crippen LogP contribution in [0, 0.1) is 0 Å². The smallest absolute Gasteiger partial charge is 0.309 e. The predicted molar refractivity (Wildman–Crippen MR) is 78.4 cm³/mol. The Balaban J connectivity index is 1.58. The van der Waals surface area contributed by atoms with Crippen molar-refractivity contribution < 1.29 is 31.7 Å². The van der Waals surface area contributed by atoms with E-state index in [2.05, 4.69) is 14.7 Å². The van der Waals surface area contributed by atoms with E-state index < -0.39 is 34.4 Å². The number of fused-ring (bicyclic) bond motifs is 2. The molecule has 2 atom stereocenters. The lowest BCUT2D eigenvalue weighted by molar-refractivity contribution is -0.140. The minimum Gasteiger partial charge on any atom is -0.309 e. The van der Waals surface area contributed by atoms with E-state index in [9.17, 15) is 18.0 Å². The summed E-state index contributed by atoms with van der Waals surface area (Å²) in [4.78, 5) is 34.6. The summed E-state index contributed by atoms with van der Waals surface area (Å²) in [7, 11) is -4.81. The highest BCUT2D eigenvalue weighted by Gasteiger charge is 2.49. The molecule has 2 fully saturated rings. The van der Waals surface area contributed by atoms with Crippen molar-refractivity contribution in [3.05, 3.63) is 16.6 Å². The molecule has 0 aromatic carbocycles. The van der Waals surface area contributed by atoms with Gasteiger partial charge in [0.1, 0.15) is 12.6 Å². The Labute approximate surface area is 141 Å². The van der Waals surface area contributed by atoms with E-state index in [0.717, 1.165) is 0 Å². The topological polar surface area (TPSA) is 138 Å². The Hall–Kier alpha value is -1.80. The maximum absolute atomic E-state index is 12.2. The van der Waals surface area contributed by atoms with Gasteiger partial charge in [-0.2, -0.15) is 13.5 Å². The molecule has 0 saturated carbocycles. The Kier molecular flexibility index (Phi) is 4.69. The maximum Gasteiger partial charge on any atom is 0.418 e. The molecule has 2 bridgehead atoms. The van der Waals surface area contributed by atoms with E-state index in [1.54, 1.807) is 10.9 Å². The van der Waals surface area contributed by atoms with Crippen LogP contribution in [0.5, 0.6) is 0 Å². The summed E-state index contributed by atoms with van der Waals surface area (Å²) >= 11 is 1.40. The number of carbonyl (C=O) groups is 2. The van der Waals surface area contributed by atoms with Crippen LogP contribution in [0.3, 0.4) is 0 Å². The van der Waals surface area contributed by atoms with Crippen molar-refractivity contribution in [1.29, 1.82) is 0 Å². The van der Waals surface area contributed by atoms with E-state index in [1.165, 1.54) is 16.2 Å². The zero-order valence-corrected chi connectivity index (χ0v) is 13.8. The van der Waals surface area contributed by atoms with Gasteiger partial charge in [-0.05, 0) is 12.8 Å². The molecule has 24 heavy (non-hydrogen) atoms. The van der Waals surface area contributed by atoms with Crippen LogP contribution in [0.15, 0.2) is 10.9 Å². The van der Waals surface area contributed by atoms with E-state index in [-0.39, 0.29) is 13.2 Å².